The summed E-state index contributed by atoms with van der Waals surface area (Å²) < 4.78 is 0. The van der Waals surface area contributed by atoms with Crippen LogP contribution < -0.4 is 5.32 Å². The van der Waals surface area contributed by atoms with Crippen LogP contribution in [0.2, 0.25) is 0 Å². The fourth-order valence-electron chi connectivity index (χ4n) is 4.35. The fraction of sp³-hybridized carbons (Fsp3) is 0.684. The van der Waals surface area contributed by atoms with Crippen LogP contribution in [0.5, 0.6) is 0 Å². The summed E-state index contributed by atoms with van der Waals surface area (Å²) in [6, 6.07) is 12.1. The lowest BCUT2D eigenvalue weighted by molar-refractivity contribution is 0.0461. The van der Waals surface area contributed by atoms with Crippen LogP contribution in [-0.2, 0) is 0 Å². The quantitative estimate of drug-likeness (QED) is 0.877. The van der Waals surface area contributed by atoms with Crippen molar-refractivity contribution in [2.75, 3.05) is 6.54 Å². The van der Waals surface area contributed by atoms with E-state index in [4.69, 9.17) is 0 Å². The minimum absolute atomic E-state index is 0.335. The van der Waals surface area contributed by atoms with Crippen LogP contribution in [0.1, 0.15) is 58.6 Å². The summed E-state index contributed by atoms with van der Waals surface area (Å²) in [7, 11) is 0. The summed E-state index contributed by atoms with van der Waals surface area (Å²) in [5.41, 5.74) is 1.78. The van der Waals surface area contributed by atoms with E-state index in [0.29, 0.717) is 23.7 Å². The highest BCUT2D eigenvalue weighted by Crippen LogP contribution is 2.45. The number of rotatable bonds is 2. The first kappa shape index (κ1) is 15.1. The average Bonchev–Trinajstić information content (AvgIpc) is 2.87. The highest BCUT2D eigenvalue weighted by Gasteiger charge is 2.48. The summed E-state index contributed by atoms with van der Waals surface area (Å²) in [4.78, 5) is 2.78. The molecule has 2 aliphatic rings. The van der Waals surface area contributed by atoms with Gasteiger partial charge in [0.2, 0.25) is 0 Å². The summed E-state index contributed by atoms with van der Waals surface area (Å²) in [5.74, 6) is 0.828. The lowest BCUT2D eigenvalue weighted by Gasteiger charge is -2.43. The van der Waals surface area contributed by atoms with E-state index in [1.807, 2.05) is 0 Å². The van der Waals surface area contributed by atoms with Crippen molar-refractivity contribution in [3.05, 3.63) is 35.9 Å². The highest BCUT2D eigenvalue weighted by molar-refractivity contribution is 5.20. The van der Waals surface area contributed by atoms with E-state index >= 15 is 0 Å². The van der Waals surface area contributed by atoms with Crippen molar-refractivity contribution < 1.29 is 0 Å². The molecule has 0 spiro atoms. The largest absolute Gasteiger partial charge is 0.301 e. The Labute approximate surface area is 129 Å². The Morgan fingerprint density at radius 1 is 1.19 bits per heavy atom. The second-order valence-corrected chi connectivity index (χ2v) is 7.95. The molecule has 4 unspecified atom stereocenters. The zero-order chi connectivity index (χ0) is 15.0. The van der Waals surface area contributed by atoms with Crippen LogP contribution >= 0.6 is 0 Å². The van der Waals surface area contributed by atoms with E-state index in [1.165, 1.54) is 31.4 Å². The normalized spacial score (nSPS) is 31.9. The number of benzene rings is 1. The van der Waals surface area contributed by atoms with Crippen LogP contribution in [0, 0.1) is 11.3 Å². The molecule has 1 N–H and O–H groups in total. The van der Waals surface area contributed by atoms with Crippen LogP contribution in [0.25, 0.3) is 0 Å². The van der Waals surface area contributed by atoms with Crippen molar-refractivity contribution in [2.45, 2.75) is 65.2 Å². The number of nitrogens with zero attached hydrogens (tertiary/aromatic N) is 1. The molecule has 0 saturated carbocycles. The number of piperidine rings is 1. The Morgan fingerprint density at radius 2 is 1.90 bits per heavy atom. The van der Waals surface area contributed by atoms with Crippen molar-refractivity contribution in [2.24, 2.45) is 11.3 Å². The lowest BCUT2D eigenvalue weighted by atomic mass is 9.82. The third-order valence-electron chi connectivity index (χ3n) is 5.49. The summed E-state index contributed by atoms with van der Waals surface area (Å²) in [5, 5.41) is 3.81. The van der Waals surface area contributed by atoms with Crippen LogP contribution in [0.4, 0.5) is 0 Å². The Balaban J connectivity index is 1.91. The Kier molecular flexibility index (Phi) is 4.11. The maximum Gasteiger partial charge on any atom is 0.0634 e. The molecule has 0 bridgehead atoms. The summed E-state index contributed by atoms with van der Waals surface area (Å²) >= 11 is 0. The predicted octanol–water partition coefficient (Wildman–Crippen LogP) is 4.19. The van der Waals surface area contributed by atoms with Gasteiger partial charge in [0.05, 0.1) is 6.17 Å². The molecule has 2 aliphatic heterocycles. The molecular formula is C19H30N2. The average molecular weight is 286 g/mol. The zero-order valence-electron chi connectivity index (χ0n) is 14.0. The zero-order valence-corrected chi connectivity index (χ0v) is 14.0. The van der Waals surface area contributed by atoms with Crippen LogP contribution in [-0.4, -0.2) is 23.7 Å². The maximum absolute atomic E-state index is 3.81. The second-order valence-electron chi connectivity index (χ2n) is 7.95. The van der Waals surface area contributed by atoms with E-state index in [0.717, 1.165) is 5.92 Å². The molecule has 0 radical (unpaired) electrons. The summed E-state index contributed by atoms with van der Waals surface area (Å²) in [6.07, 6.45) is 4.64. The smallest absolute Gasteiger partial charge is 0.0634 e. The first-order valence-corrected chi connectivity index (χ1v) is 8.54. The van der Waals surface area contributed by atoms with Crippen molar-refractivity contribution in [1.82, 2.24) is 10.2 Å². The number of likely N-dealkylation sites (tertiary alicyclic amines) is 1. The van der Waals surface area contributed by atoms with E-state index in [1.54, 1.807) is 0 Å². The molecule has 4 atom stereocenters. The molecular weight excluding hydrogens is 256 g/mol. The molecule has 116 valence electrons. The van der Waals surface area contributed by atoms with E-state index < -0.39 is 0 Å². The third-order valence-corrected chi connectivity index (χ3v) is 5.49. The monoisotopic (exact) mass is 286 g/mol. The lowest BCUT2D eigenvalue weighted by Crippen LogP contribution is -2.52. The predicted molar refractivity (Wildman–Crippen MR) is 89.1 cm³/mol. The number of fused-ring (bicyclic) bond motifs is 1. The fourth-order valence-corrected chi connectivity index (χ4v) is 4.35. The molecule has 2 saturated heterocycles. The summed E-state index contributed by atoms with van der Waals surface area (Å²) in [6.45, 7) is 10.8. The van der Waals surface area contributed by atoms with E-state index in [9.17, 15) is 0 Å². The standard InChI is InChI=1S/C19H30N2/c1-14(15-9-6-5-7-10-15)21-17(19(2,3)4)13-16-11-8-12-20-18(16)21/h5-7,9-10,14,16-18,20H,8,11-13H2,1-4H3. The van der Waals surface area contributed by atoms with Crippen molar-refractivity contribution >= 4 is 0 Å². The molecule has 3 rings (SSSR count). The molecule has 1 aromatic carbocycles. The molecule has 2 heterocycles. The van der Waals surface area contributed by atoms with Gasteiger partial charge in [0.1, 0.15) is 0 Å². The Hall–Kier alpha value is -0.860. The first-order chi connectivity index (χ1) is 9.98. The van der Waals surface area contributed by atoms with Gasteiger partial charge in [-0.1, -0.05) is 51.1 Å². The maximum atomic E-state index is 3.81. The Morgan fingerprint density at radius 3 is 2.57 bits per heavy atom. The number of hydrogen-bond donors (Lipinski definition) is 1. The molecule has 2 heteroatoms. The van der Waals surface area contributed by atoms with Gasteiger partial charge in [0.25, 0.3) is 0 Å². The Bertz CT molecular complexity index is 462. The van der Waals surface area contributed by atoms with Crippen molar-refractivity contribution in [1.29, 1.82) is 0 Å². The highest BCUT2D eigenvalue weighted by atomic mass is 15.3. The molecule has 0 aromatic heterocycles. The molecule has 2 fully saturated rings. The van der Waals surface area contributed by atoms with Crippen molar-refractivity contribution in [3.8, 4) is 0 Å². The van der Waals surface area contributed by atoms with Gasteiger partial charge >= 0.3 is 0 Å². The van der Waals surface area contributed by atoms with Crippen molar-refractivity contribution in [3.63, 3.8) is 0 Å². The minimum Gasteiger partial charge on any atom is -0.301 e. The second kappa shape index (κ2) is 5.73. The van der Waals surface area contributed by atoms with Gasteiger partial charge in [0.15, 0.2) is 0 Å². The molecule has 0 aliphatic carbocycles. The van der Waals surface area contributed by atoms with E-state index in [-0.39, 0.29) is 0 Å². The first-order valence-electron chi connectivity index (χ1n) is 8.54. The van der Waals surface area contributed by atoms with Gasteiger partial charge in [-0.25, -0.2) is 0 Å². The molecule has 21 heavy (non-hydrogen) atoms. The molecule has 0 amide bonds. The van der Waals surface area contributed by atoms with Gasteiger partial charge in [-0.05, 0) is 49.6 Å². The third kappa shape index (κ3) is 2.89. The number of hydrogen-bond acceptors (Lipinski definition) is 2. The van der Waals surface area contributed by atoms with Gasteiger partial charge in [-0.3, -0.25) is 4.90 Å². The topological polar surface area (TPSA) is 15.3 Å². The van der Waals surface area contributed by atoms with Crippen LogP contribution in [0.15, 0.2) is 30.3 Å². The van der Waals surface area contributed by atoms with Gasteiger partial charge in [0, 0.05) is 12.1 Å². The van der Waals surface area contributed by atoms with Gasteiger partial charge in [-0.2, -0.15) is 0 Å². The SMILES string of the molecule is CC(c1ccccc1)N1C2NCCCC2CC1C(C)(C)C. The van der Waals surface area contributed by atoms with E-state index in [2.05, 4.69) is 68.2 Å². The molecule has 1 aromatic rings. The minimum atomic E-state index is 0.335. The van der Waals surface area contributed by atoms with Gasteiger partial charge in [-0.15, -0.1) is 0 Å². The van der Waals surface area contributed by atoms with Crippen LogP contribution in [0.3, 0.4) is 0 Å². The molecule has 2 nitrogen and oxygen atoms in total. The number of nitrogens with one attached hydrogen (secondary N) is 1. The van der Waals surface area contributed by atoms with Gasteiger partial charge < -0.3 is 5.32 Å².